The molecule has 34 heavy (non-hydrogen) atoms. The maximum absolute atomic E-state index is 12.1. The first-order chi connectivity index (χ1) is 16.5. The number of hydrogen-bond acceptors (Lipinski definition) is 9. The van der Waals surface area contributed by atoms with Crippen LogP contribution in [0.25, 0.3) is 11.5 Å². The first kappa shape index (κ1) is 25.7. The predicted octanol–water partition coefficient (Wildman–Crippen LogP) is 4.18. The van der Waals surface area contributed by atoms with Crippen LogP contribution in [0.1, 0.15) is 52.9 Å². The molecule has 1 heterocycles. The van der Waals surface area contributed by atoms with Crippen molar-refractivity contribution in [2.24, 2.45) is 0 Å². The summed E-state index contributed by atoms with van der Waals surface area (Å²) in [5.41, 5.74) is 0.603. The number of aromatic nitrogens is 2. The van der Waals surface area contributed by atoms with E-state index in [9.17, 15) is 9.59 Å². The van der Waals surface area contributed by atoms with Crippen LogP contribution < -0.4 is 24.8 Å². The van der Waals surface area contributed by atoms with Gasteiger partial charge in [0, 0.05) is 11.6 Å². The number of amides is 3. The molecule has 1 fully saturated rings. The number of rotatable bonds is 11. The van der Waals surface area contributed by atoms with Gasteiger partial charge in [-0.2, -0.15) is 0 Å². The Kier molecular flexibility index (Phi) is 9.87. The SMILES string of the molecule is CCOc1cc(-c2nnc(SCC(=O)NC(=O)NC3CCCCC3)o2)cc(OCC)c1OCC. The van der Waals surface area contributed by atoms with Crippen LogP contribution in [0, 0.1) is 0 Å². The van der Waals surface area contributed by atoms with Gasteiger partial charge in [0.1, 0.15) is 0 Å². The van der Waals surface area contributed by atoms with Gasteiger partial charge in [-0.1, -0.05) is 31.0 Å². The van der Waals surface area contributed by atoms with E-state index < -0.39 is 11.9 Å². The molecule has 1 aliphatic rings. The molecule has 3 amide bonds. The second-order valence-electron chi connectivity index (χ2n) is 7.62. The van der Waals surface area contributed by atoms with E-state index in [1.165, 1.54) is 6.42 Å². The van der Waals surface area contributed by atoms with Gasteiger partial charge in [-0.3, -0.25) is 10.1 Å². The van der Waals surface area contributed by atoms with Crippen LogP contribution in [0.2, 0.25) is 0 Å². The molecule has 0 atom stereocenters. The van der Waals surface area contributed by atoms with Crippen molar-refractivity contribution in [1.29, 1.82) is 0 Å². The molecule has 0 saturated heterocycles. The first-order valence-corrected chi connectivity index (χ1v) is 12.7. The number of hydrogen-bond donors (Lipinski definition) is 2. The normalized spacial score (nSPS) is 13.9. The lowest BCUT2D eigenvalue weighted by Crippen LogP contribution is -2.45. The maximum atomic E-state index is 12.1. The average molecular weight is 493 g/mol. The lowest BCUT2D eigenvalue weighted by atomic mass is 9.96. The second kappa shape index (κ2) is 13.1. The topological polar surface area (TPSA) is 125 Å². The van der Waals surface area contributed by atoms with Crippen LogP contribution in [-0.2, 0) is 4.79 Å². The minimum absolute atomic E-state index is 0.0304. The van der Waals surface area contributed by atoms with Crippen LogP contribution in [0.3, 0.4) is 0 Å². The zero-order valence-electron chi connectivity index (χ0n) is 19.8. The summed E-state index contributed by atoms with van der Waals surface area (Å²) in [5.74, 6) is 1.34. The molecule has 0 spiro atoms. The molecule has 2 aromatic rings. The lowest BCUT2D eigenvalue weighted by molar-refractivity contribution is -0.117. The third-order valence-corrected chi connectivity index (χ3v) is 5.90. The quantitative estimate of drug-likeness (QED) is 0.444. The van der Waals surface area contributed by atoms with Crippen LogP contribution >= 0.6 is 11.8 Å². The molecule has 0 radical (unpaired) electrons. The van der Waals surface area contributed by atoms with Crippen molar-refractivity contribution in [3.63, 3.8) is 0 Å². The van der Waals surface area contributed by atoms with E-state index in [2.05, 4.69) is 20.8 Å². The summed E-state index contributed by atoms with van der Waals surface area (Å²) in [6, 6.07) is 3.16. The van der Waals surface area contributed by atoms with Gasteiger partial charge in [0.05, 0.1) is 25.6 Å². The molecular weight excluding hydrogens is 460 g/mol. The highest BCUT2D eigenvalue weighted by Crippen LogP contribution is 2.42. The van der Waals surface area contributed by atoms with Crippen LogP contribution in [0.5, 0.6) is 17.2 Å². The molecule has 1 saturated carbocycles. The summed E-state index contributed by atoms with van der Waals surface area (Å²) in [4.78, 5) is 24.2. The lowest BCUT2D eigenvalue weighted by Gasteiger charge is -2.22. The van der Waals surface area contributed by atoms with Gasteiger partial charge in [-0.15, -0.1) is 10.2 Å². The number of benzene rings is 1. The number of ether oxygens (including phenoxy) is 3. The van der Waals surface area contributed by atoms with E-state index in [4.69, 9.17) is 18.6 Å². The summed E-state index contributed by atoms with van der Waals surface area (Å²) >= 11 is 1.05. The number of nitrogens with zero attached hydrogens (tertiary/aromatic N) is 2. The Labute approximate surface area is 203 Å². The number of urea groups is 1. The zero-order chi connectivity index (χ0) is 24.3. The number of nitrogens with one attached hydrogen (secondary N) is 2. The molecule has 3 rings (SSSR count). The van der Waals surface area contributed by atoms with E-state index in [1.807, 2.05) is 20.8 Å². The molecule has 0 unspecified atom stereocenters. The molecule has 1 aliphatic carbocycles. The fourth-order valence-corrected chi connectivity index (χ4v) is 4.22. The maximum Gasteiger partial charge on any atom is 0.321 e. The van der Waals surface area contributed by atoms with Gasteiger partial charge in [0.25, 0.3) is 5.22 Å². The standard InChI is InChI=1S/C23H32N4O6S/c1-4-30-17-12-15(13-18(31-5-2)20(17)32-6-3)21-26-27-23(33-21)34-14-19(28)25-22(29)24-16-10-8-7-9-11-16/h12-13,16H,4-11,14H2,1-3H3,(H2,24,25,28,29). The number of imide groups is 1. The predicted molar refractivity (Wildman–Crippen MR) is 128 cm³/mol. The first-order valence-electron chi connectivity index (χ1n) is 11.7. The fraction of sp³-hybridized carbons (Fsp3) is 0.565. The Morgan fingerprint density at radius 3 is 2.26 bits per heavy atom. The Bertz CT molecular complexity index is 934. The highest BCUT2D eigenvalue weighted by molar-refractivity contribution is 7.99. The molecule has 186 valence electrons. The van der Waals surface area contributed by atoms with Gasteiger partial charge < -0.3 is 23.9 Å². The molecule has 2 N–H and O–H groups in total. The molecule has 10 nitrogen and oxygen atoms in total. The average Bonchev–Trinajstić information content (AvgIpc) is 3.30. The third kappa shape index (κ3) is 7.28. The van der Waals surface area contributed by atoms with Crippen molar-refractivity contribution in [1.82, 2.24) is 20.8 Å². The largest absolute Gasteiger partial charge is 0.490 e. The molecule has 11 heteroatoms. The van der Waals surface area contributed by atoms with Gasteiger partial charge in [-0.05, 0) is 45.7 Å². The van der Waals surface area contributed by atoms with Crippen molar-refractivity contribution < 1.29 is 28.2 Å². The van der Waals surface area contributed by atoms with E-state index >= 15 is 0 Å². The highest BCUT2D eigenvalue weighted by Gasteiger charge is 2.20. The van der Waals surface area contributed by atoms with Crippen molar-refractivity contribution in [2.75, 3.05) is 25.6 Å². The summed E-state index contributed by atoms with van der Waals surface area (Å²) in [6.45, 7) is 7.00. The summed E-state index contributed by atoms with van der Waals surface area (Å²) in [5, 5.41) is 13.5. The summed E-state index contributed by atoms with van der Waals surface area (Å²) < 4.78 is 22.9. The third-order valence-electron chi connectivity index (χ3n) is 5.08. The van der Waals surface area contributed by atoms with E-state index in [0.29, 0.717) is 42.6 Å². The van der Waals surface area contributed by atoms with Crippen molar-refractivity contribution >= 4 is 23.7 Å². The van der Waals surface area contributed by atoms with Gasteiger partial charge in [0.15, 0.2) is 11.5 Å². The van der Waals surface area contributed by atoms with Crippen LogP contribution in [0.4, 0.5) is 4.79 Å². The van der Waals surface area contributed by atoms with Gasteiger partial charge in [-0.25, -0.2) is 4.79 Å². The Hall–Kier alpha value is -2.95. The second-order valence-corrected chi connectivity index (χ2v) is 8.55. The summed E-state index contributed by atoms with van der Waals surface area (Å²) in [6.07, 6.45) is 5.28. The van der Waals surface area contributed by atoms with Crippen molar-refractivity contribution in [3.8, 4) is 28.7 Å². The molecule has 1 aromatic carbocycles. The van der Waals surface area contributed by atoms with Gasteiger partial charge >= 0.3 is 6.03 Å². The molecule has 1 aromatic heterocycles. The number of thioether (sulfide) groups is 1. The Morgan fingerprint density at radius 1 is 1.00 bits per heavy atom. The van der Waals surface area contributed by atoms with E-state index in [-0.39, 0.29) is 22.9 Å². The minimum Gasteiger partial charge on any atom is -0.490 e. The zero-order valence-corrected chi connectivity index (χ0v) is 20.7. The smallest absolute Gasteiger partial charge is 0.321 e. The van der Waals surface area contributed by atoms with Gasteiger partial charge in [0.2, 0.25) is 17.5 Å². The minimum atomic E-state index is -0.468. The summed E-state index contributed by atoms with van der Waals surface area (Å²) in [7, 11) is 0. The molecular formula is C23H32N4O6S. The molecule has 0 aliphatic heterocycles. The Morgan fingerprint density at radius 2 is 1.65 bits per heavy atom. The fourth-order valence-electron chi connectivity index (χ4n) is 3.66. The highest BCUT2D eigenvalue weighted by atomic mass is 32.2. The number of carbonyl (C=O) groups is 2. The van der Waals surface area contributed by atoms with E-state index in [1.54, 1.807) is 12.1 Å². The van der Waals surface area contributed by atoms with Crippen LogP contribution in [-0.4, -0.2) is 53.8 Å². The monoisotopic (exact) mass is 492 g/mol. The Balaban J connectivity index is 1.61. The van der Waals surface area contributed by atoms with E-state index in [0.717, 1.165) is 37.4 Å². The van der Waals surface area contributed by atoms with Crippen molar-refractivity contribution in [2.45, 2.75) is 64.1 Å². The van der Waals surface area contributed by atoms with Crippen molar-refractivity contribution in [3.05, 3.63) is 12.1 Å². The number of carbonyl (C=O) groups excluding carboxylic acids is 2. The van der Waals surface area contributed by atoms with Crippen LogP contribution in [0.15, 0.2) is 21.8 Å². The molecule has 0 bridgehead atoms.